The number of morpholine rings is 1. The van der Waals surface area contributed by atoms with Crippen LogP contribution < -0.4 is 14.8 Å². The molecule has 0 aliphatic carbocycles. The summed E-state index contributed by atoms with van der Waals surface area (Å²) >= 11 is 1.33. The highest BCUT2D eigenvalue weighted by Gasteiger charge is 2.26. The van der Waals surface area contributed by atoms with Gasteiger partial charge in [-0.1, -0.05) is 6.07 Å². The first-order chi connectivity index (χ1) is 12.5. The maximum absolute atomic E-state index is 12.3. The molecule has 1 aromatic carbocycles. The Kier molecular flexibility index (Phi) is 5.93. The van der Waals surface area contributed by atoms with Crippen molar-refractivity contribution in [1.29, 1.82) is 0 Å². The summed E-state index contributed by atoms with van der Waals surface area (Å²) in [6.07, 6.45) is 0. The summed E-state index contributed by atoms with van der Waals surface area (Å²) in [5.74, 6) is 1.90. The van der Waals surface area contributed by atoms with E-state index in [0.29, 0.717) is 43.6 Å². The minimum absolute atomic E-state index is 0.0566. The largest absolute Gasteiger partial charge is 0.454 e. The highest BCUT2D eigenvalue weighted by Crippen LogP contribution is 2.35. The molecular formula is C18H24N2O5S. The van der Waals surface area contributed by atoms with Crippen molar-refractivity contribution in [2.75, 3.05) is 44.6 Å². The molecule has 0 atom stereocenters. The van der Waals surface area contributed by atoms with E-state index in [1.54, 1.807) is 4.90 Å². The number of benzene rings is 1. The van der Waals surface area contributed by atoms with E-state index < -0.39 is 5.54 Å². The normalized spacial score (nSPS) is 16.5. The summed E-state index contributed by atoms with van der Waals surface area (Å²) in [7, 11) is 0. The maximum atomic E-state index is 12.3. The van der Waals surface area contributed by atoms with Gasteiger partial charge in [0.05, 0.1) is 30.3 Å². The molecule has 2 heterocycles. The Balaban J connectivity index is 1.46. The molecule has 8 heteroatoms. The molecule has 2 amide bonds. The number of hydrogen-bond acceptors (Lipinski definition) is 6. The SMILES string of the molecule is CC(C)(NC(=O)CSCC(=O)N1CCOCC1)c1ccc2c(c1)OCO2. The van der Waals surface area contributed by atoms with Crippen molar-refractivity contribution in [2.24, 2.45) is 0 Å². The van der Waals surface area contributed by atoms with Gasteiger partial charge in [0.2, 0.25) is 18.6 Å². The summed E-state index contributed by atoms with van der Waals surface area (Å²) < 4.78 is 15.9. The van der Waals surface area contributed by atoms with Gasteiger partial charge in [-0.2, -0.15) is 0 Å². The zero-order valence-electron chi connectivity index (χ0n) is 15.1. The van der Waals surface area contributed by atoms with Crippen molar-refractivity contribution in [1.82, 2.24) is 10.2 Å². The quantitative estimate of drug-likeness (QED) is 0.803. The molecule has 0 saturated carbocycles. The Morgan fingerprint density at radius 1 is 1.15 bits per heavy atom. The lowest BCUT2D eigenvalue weighted by atomic mass is 9.94. The number of nitrogens with zero attached hydrogens (tertiary/aromatic N) is 1. The molecule has 1 aromatic rings. The van der Waals surface area contributed by atoms with Crippen LogP contribution in [0.2, 0.25) is 0 Å². The van der Waals surface area contributed by atoms with Crippen LogP contribution in [-0.2, 0) is 19.9 Å². The smallest absolute Gasteiger partial charge is 0.232 e. The zero-order chi connectivity index (χ0) is 18.6. The first-order valence-electron chi connectivity index (χ1n) is 8.60. The molecule has 3 rings (SSSR count). The Bertz CT molecular complexity index is 674. The molecule has 0 spiro atoms. The van der Waals surface area contributed by atoms with E-state index >= 15 is 0 Å². The van der Waals surface area contributed by atoms with Crippen LogP contribution in [-0.4, -0.2) is 61.3 Å². The van der Waals surface area contributed by atoms with E-state index in [1.165, 1.54) is 11.8 Å². The van der Waals surface area contributed by atoms with Crippen molar-refractivity contribution < 1.29 is 23.8 Å². The van der Waals surface area contributed by atoms with Crippen molar-refractivity contribution in [3.05, 3.63) is 23.8 Å². The molecule has 0 aromatic heterocycles. The van der Waals surface area contributed by atoms with Crippen LogP contribution in [0.5, 0.6) is 11.5 Å². The maximum Gasteiger partial charge on any atom is 0.232 e. The highest BCUT2D eigenvalue weighted by atomic mass is 32.2. The van der Waals surface area contributed by atoms with E-state index in [4.69, 9.17) is 14.2 Å². The third kappa shape index (κ3) is 4.62. The van der Waals surface area contributed by atoms with Crippen molar-refractivity contribution >= 4 is 23.6 Å². The fourth-order valence-corrected chi connectivity index (χ4v) is 3.59. The van der Waals surface area contributed by atoms with E-state index in [1.807, 2.05) is 32.0 Å². The molecule has 2 aliphatic heterocycles. The number of carbonyl (C=O) groups excluding carboxylic acids is 2. The van der Waals surface area contributed by atoms with Gasteiger partial charge in [-0.05, 0) is 31.5 Å². The summed E-state index contributed by atoms with van der Waals surface area (Å²) in [4.78, 5) is 26.2. The lowest BCUT2D eigenvalue weighted by molar-refractivity contribution is -0.132. The van der Waals surface area contributed by atoms with Crippen LogP contribution in [0.3, 0.4) is 0 Å². The summed E-state index contributed by atoms with van der Waals surface area (Å²) in [6.45, 7) is 6.52. The van der Waals surface area contributed by atoms with Gasteiger partial charge in [-0.3, -0.25) is 9.59 Å². The molecule has 1 saturated heterocycles. The van der Waals surface area contributed by atoms with Gasteiger partial charge in [-0.25, -0.2) is 0 Å². The van der Waals surface area contributed by atoms with Crippen LogP contribution >= 0.6 is 11.8 Å². The zero-order valence-corrected chi connectivity index (χ0v) is 15.9. The topological polar surface area (TPSA) is 77.1 Å². The Morgan fingerprint density at radius 2 is 1.88 bits per heavy atom. The molecular weight excluding hydrogens is 356 g/mol. The fraction of sp³-hybridized carbons (Fsp3) is 0.556. The summed E-state index contributed by atoms with van der Waals surface area (Å²) in [5, 5.41) is 3.02. The Morgan fingerprint density at radius 3 is 2.65 bits per heavy atom. The van der Waals surface area contributed by atoms with E-state index in [0.717, 1.165) is 5.56 Å². The third-order valence-corrected chi connectivity index (χ3v) is 5.29. The van der Waals surface area contributed by atoms with E-state index in [2.05, 4.69) is 5.32 Å². The second-order valence-electron chi connectivity index (χ2n) is 6.73. The average Bonchev–Trinajstić information content (AvgIpc) is 3.09. The van der Waals surface area contributed by atoms with Gasteiger partial charge in [-0.15, -0.1) is 11.8 Å². The first-order valence-corrected chi connectivity index (χ1v) is 9.75. The van der Waals surface area contributed by atoms with Gasteiger partial charge in [0.15, 0.2) is 11.5 Å². The predicted octanol–water partition coefficient (Wildman–Crippen LogP) is 1.36. The third-order valence-electron chi connectivity index (χ3n) is 4.37. The lowest BCUT2D eigenvalue weighted by Crippen LogP contribution is -2.43. The molecule has 0 radical (unpaired) electrons. The second kappa shape index (κ2) is 8.18. The number of amides is 2. The van der Waals surface area contributed by atoms with Crippen LogP contribution in [0.15, 0.2) is 18.2 Å². The highest BCUT2D eigenvalue weighted by molar-refractivity contribution is 8.00. The summed E-state index contributed by atoms with van der Waals surface area (Å²) in [5.41, 5.74) is 0.386. The molecule has 142 valence electrons. The van der Waals surface area contributed by atoms with Crippen molar-refractivity contribution in [3.8, 4) is 11.5 Å². The van der Waals surface area contributed by atoms with Crippen LogP contribution in [0, 0.1) is 0 Å². The predicted molar refractivity (Wildman–Crippen MR) is 98.5 cm³/mol. The fourth-order valence-electron chi connectivity index (χ4n) is 2.88. The molecule has 1 fully saturated rings. The number of hydrogen-bond donors (Lipinski definition) is 1. The molecule has 0 unspecified atom stereocenters. The number of nitrogens with one attached hydrogen (secondary N) is 1. The van der Waals surface area contributed by atoms with Crippen LogP contribution in [0.1, 0.15) is 19.4 Å². The minimum Gasteiger partial charge on any atom is -0.454 e. The molecule has 1 N–H and O–H groups in total. The Labute approximate surface area is 157 Å². The summed E-state index contributed by atoms with van der Waals surface area (Å²) in [6, 6.07) is 5.65. The van der Waals surface area contributed by atoms with Crippen molar-refractivity contribution in [2.45, 2.75) is 19.4 Å². The van der Waals surface area contributed by atoms with E-state index in [-0.39, 0.29) is 24.4 Å². The van der Waals surface area contributed by atoms with Crippen LogP contribution in [0.4, 0.5) is 0 Å². The number of thioether (sulfide) groups is 1. The average molecular weight is 380 g/mol. The number of fused-ring (bicyclic) bond motifs is 1. The molecule has 26 heavy (non-hydrogen) atoms. The first kappa shape index (κ1) is 18.8. The van der Waals surface area contributed by atoms with Crippen LogP contribution in [0.25, 0.3) is 0 Å². The lowest BCUT2D eigenvalue weighted by Gasteiger charge is -2.28. The van der Waals surface area contributed by atoms with Gasteiger partial charge in [0, 0.05) is 13.1 Å². The Hall–Kier alpha value is -1.93. The number of carbonyl (C=O) groups is 2. The number of ether oxygens (including phenoxy) is 3. The molecule has 0 bridgehead atoms. The minimum atomic E-state index is -0.549. The monoisotopic (exact) mass is 380 g/mol. The van der Waals surface area contributed by atoms with Gasteiger partial charge in [0.1, 0.15) is 0 Å². The molecule has 2 aliphatic rings. The van der Waals surface area contributed by atoms with E-state index in [9.17, 15) is 9.59 Å². The second-order valence-corrected chi connectivity index (χ2v) is 7.71. The standard InChI is InChI=1S/C18H24N2O5S/c1-18(2,13-3-4-14-15(9-13)25-12-24-14)19-16(21)10-26-11-17(22)20-5-7-23-8-6-20/h3-4,9H,5-8,10-12H2,1-2H3,(H,19,21). The van der Waals surface area contributed by atoms with Crippen molar-refractivity contribution in [3.63, 3.8) is 0 Å². The number of rotatable bonds is 6. The van der Waals surface area contributed by atoms with Gasteiger partial charge in [0.25, 0.3) is 0 Å². The van der Waals surface area contributed by atoms with Gasteiger partial charge < -0.3 is 24.4 Å². The van der Waals surface area contributed by atoms with Gasteiger partial charge >= 0.3 is 0 Å². The molecule has 7 nitrogen and oxygen atoms in total.